The molecule has 3 aromatic carbocycles. The Bertz CT molecular complexity index is 1520. The van der Waals surface area contributed by atoms with Gasteiger partial charge in [0.2, 0.25) is 0 Å². The number of carbonyl (C=O) groups is 3. The zero-order chi connectivity index (χ0) is 28.6. The summed E-state index contributed by atoms with van der Waals surface area (Å²) in [5.74, 6) is -1.32. The molecule has 206 valence electrons. The Labute approximate surface area is 238 Å². The van der Waals surface area contributed by atoms with E-state index in [1.54, 1.807) is 36.4 Å². The number of hydrogen-bond donors (Lipinski definition) is 1. The highest BCUT2D eigenvalue weighted by atomic mass is 79.9. The molecule has 40 heavy (non-hydrogen) atoms. The van der Waals surface area contributed by atoms with Crippen molar-refractivity contribution in [3.63, 3.8) is 0 Å². The van der Waals surface area contributed by atoms with E-state index in [9.17, 15) is 14.4 Å². The number of hydrogen-bond acceptors (Lipinski definition) is 8. The average molecular weight is 608 g/mol. The lowest BCUT2D eigenvalue weighted by Gasteiger charge is -2.14. The summed E-state index contributed by atoms with van der Waals surface area (Å²) < 4.78 is 23.1. The number of rotatable bonds is 10. The van der Waals surface area contributed by atoms with Gasteiger partial charge in [0.1, 0.15) is 11.3 Å². The molecular formula is C29H26BrN3O7. The molecule has 11 heteroatoms. The number of ether oxygens (including phenoxy) is 4. The number of carbonyl (C=O) groups excluding carboxylic acids is 3. The molecule has 4 rings (SSSR count). The van der Waals surface area contributed by atoms with Crippen LogP contribution in [-0.2, 0) is 20.8 Å². The standard InChI is InChI=1S/C29H26BrN3O7/c1-37-22-15-19(14-21(30)27(22)40-17-23(34)31-16-18-10-6-4-7-11-18)25-24(28(35)38-2)26(29(36)39-3)33(32-25)20-12-8-5-9-13-20/h4-15H,16-17H2,1-3H3,(H,31,34). The maximum atomic E-state index is 12.9. The quantitative estimate of drug-likeness (QED) is 0.260. The van der Waals surface area contributed by atoms with Crippen LogP contribution in [0.3, 0.4) is 0 Å². The number of methoxy groups -OCH3 is 3. The minimum absolute atomic E-state index is 0.0823. The topological polar surface area (TPSA) is 118 Å². The molecule has 0 fully saturated rings. The predicted molar refractivity (Wildman–Crippen MR) is 150 cm³/mol. The van der Waals surface area contributed by atoms with Gasteiger partial charge in [0.05, 0.1) is 31.5 Å². The van der Waals surface area contributed by atoms with Gasteiger partial charge in [-0.3, -0.25) is 4.79 Å². The normalized spacial score (nSPS) is 10.5. The molecule has 1 N–H and O–H groups in total. The van der Waals surface area contributed by atoms with Gasteiger partial charge in [0.25, 0.3) is 5.91 Å². The van der Waals surface area contributed by atoms with Gasteiger partial charge < -0.3 is 24.3 Å². The first-order valence-electron chi connectivity index (χ1n) is 12.0. The molecule has 4 aromatic rings. The highest BCUT2D eigenvalue weighted by Gasteiger charge is 2.32. The number of nitrogens with zero attached hydrogens (tertiary/aromatic N) is 2. The van der Waals surface area contributed by atoms with Crippen LogP contribution in [-0.4, -0.2) is 55.6 Å². The lowest BCUT2D eigenvalue weighted by atomic mass is 10.0. The maximum absolute atomic E-state index is 12.9. The van der Waals surface area contributed by atoms with Crippen LogP contribution in [0.5, 0.6) is 11.5 Å². The minimum atomic E-state index is -0.775. The zero-order valence-electron chi connectivity index (χ0n) is 22.0. The Balaban J connectivity index is 1.69. The minimum Gasteiger partial charge on any atom is -0.493 e. The largest absolute Gasteiger partial charge is 0.493 e. The van der Waals surface area contributed by atoms with Gasteiger partial charge in [0.15, 0.2) is 23.8 Å². The van der Waals surface area contributed by atoms with Gasteiger partial charge in [-0.05, 0) is 45.8 Å². The molecule has 0 unspecified atom stereocenters. The molecule has 0 aliphatic carbocycles. The highest BCUT2D eigenvalue weighted by Crippen LogP contribution is 2.41. The van der Waals surface area contributed by atoms with Gasteiger partial charge in [0, 0.05) is 12.1 Å². The van der Waals surface area contributed by atoms with E-state index < -0.39 is 11.9 Å². The molecule has 1 heterocycles. The van der Waals surface area contributed by atoms with E-state index >= 15 is 0 Å². The average Bonchev–Trinajstić information content (AvgIpc) is 3.40. The smallest absolute Gasteiger partial charge is 0.357 e. The number of aromatic nitrogens is 2. The number of esters is 2. The van der Waals surface area contributed by atoms with Gasteiger partial charge in [-0.25, -0.2) is 14.3 Å². The SMILES string of the molecule is COC(=O)c1c(-c2cc(Br)c(OCC(=O)NCc3ccccc3)c(OC)c2)nn(-c2ccccc2)c1C(=O)OC. The third-order valence-electron chi connectivity index (χ3n) is 5.84. The Morgan fingerprint density at radius 3 is 2.17 bits per heavy atom. The van der Waals surface area contributed by atoms with Gasteiger partial charge in [-0.1, -0.05) is 48.5 Å². The van der Waals surface area contributed by atoms with Crippen molar-refractivity contribution in [2.45, 2.75) is 6.54 Å². The number of benzene rings is 3. The first-order valence-corrected chi connectivity index (χ1v) is 12.8. The van der Waals surface area contributed by atoms with Crippen LogP contribution >= 0.6 is 15.9 Å². The Kier molecular flexibility index (Phi) is 9.18. The number of nitrogens with one attached hydrogen (secondary N) is 1. The summed E-state index contributed by atoms with van der Waals surface area (Å²) in [5.41, 5.74) is 1.89. The number of halogens is 1. The fourth-order valence-corrected chi connectivity index (χ4v) is 4.50. The van der Waals surface area contributed by atoms with Gasteiger partial charge in [-0.15, -0.1) is 0 Å². The van der Waals surface area contributed by atoms with Crippen LogP contribution in [0.4, 0.5) is 0 Å². The Hall–Kier alpha value is -4.64. The zero-order valence-corrected chi connectivity index (χ0v) is 23.6. The van der Waals surface area contributed by atoms with Crippen molar-refractivity contribution in [2.24, 2.45) is 0 Å². The lowest BCUT2D eigenvalue weighted by molar-refractivity contribution is -0.123. The molecule has 0 radical (unpaired) electrons. The van der Waals surface area contributed by atoms with E-state index in [1.165, 1.54) is 26.0 Å². The van der Waals surface area contributed by atoms with Crippen LogP contribution < -0.4 is 14.8 Å². The summed E-state index contributed by atoms with van der Waals surface area (Å²) in [6.45, 7) is 0.104. The van der Waals surface area contributed by atoms with Gasteiger partial charge in [-0.2, -0.15) is 5.10 Å². The van der Waals surface area contributed by atoms with E-state index in [0.717, 1.165) is 5.56 Å². The van der Waals surface area contributed by atoms with Crippen LogP contribution in [0, 0.1) is 0 Å². The monoisotopic (exact) mass is 607 g/mol. The number of amides is 1. The van der Waals surface area contributed by atoms with Crippen molar-refractivity contribution >= 4 is 33.8 Å². The Morgan fingerprint density at radius 2 is 1.55 bits per heavy atom. The molecule has 0 atom stereocenters. The van der Waals surface area contributed by atoms with Crippen LogP contribution in [0.15, 0.2) is 77.3 Å². The molecule has 10 nitrogen and oxygen atoms in total. The maximum Gasteiger partial charge on any atom is 0.357 e. The first kappa shape index (κ1) is 28.4. The van der Waals surface area contributed by atoms with Crippen molar-refractivity contribution in [3.05, 3.63) is 94.1 Å². The molecule has 0 saturated heterocycles. The second-order valence-electron chi connectivity index (χ2n) is 8.34. The number of para-hydroxylation sites is 1. The van der Waals surface area contributed by atoms with E-state index in [1.807, 2.05) is 36.4 Å². The summed E-state index contributed by atoms with van der Waals surface area (Å²) in [6.07, 6.45) is 0. The molecule has 0 spiro atoms. The van der Waals surface area contributed by atoms with Crippen LogP contribution in [0.1, 0.15) is 26.4 Å². The second-order valence-corrected chi connectivity index (χ2v) is 9.20. The van der Waals surface area contributed by atoms with Crippen LogP contribution in [0.25, 0.3) is 16.9 Å². The van der Waals surface area contributed by atoms with E-state index in [2.05, 4.69) is 26.3 Å². The molecule has 0 aliphatic rings. The molecule has 1 amide bonds. The third-order valence-corrected chi connectivity index (χ3v) is 6.43. The van der Waals surface area contributed by atoms with Gasteiger partial charge >= 0.3 is 11.9 Å². The summed E-state index contributed by atoms with van der Waals surface area (Å²) in [4.78, 5) is 38.2. The molecule has 0 saturated carbocycles. The summed E-state index contributed by atoms with van der Waals surface area (Å²) in [7, 11) is 3.87. The molecule has 0 bridgehead atoms. The summed E-state index contributed by atoms with van der Waals surface area (Å²) >= 11 is 3.47. The molecule has 1 aromatic heterocycles. The van der Waals surface area contributed by atoms with Crippen molar-refractivity contribution in [1.29, 1.82) is 0 Å². The van der Waals surface area contributed by atoms with E-state index in [4.69, 9.17) is 18.9 Å². The van der Waals surface area contributed by atoms with E-state index in [0.29, 0.717) is 22.3 Å². The third kappa shape index (κ3) is 6.15. The Morgan fingerprint density at radius 1 is 0.900 bits per heavy atom. The van der Waals surface area contributed by atoms with E-state index in [-0.39, 0.29) is 41.0 Å². The second kappa shape index (κ2) is 12.9. The first-order chi connectivity index (χ1) is 19.4. The van der Waals surface area contributed by atoms with Crippen LogP contribution in [0.2, 0.25) is 0 Å². The van der Waals surface area contributed by atoms with Crippen molar-refractivity contribution < 1.29 is 33.3 Å². The molecule has 0 aliphatic heterocycles. The predicted octanol–water partition coefficient (Wildman–Crippen LogP) is 4.58. The fourth-order valence-electron chi connectivity index (χ4n) is 3.94. The summed E-state index contributed by atoms with van der Waals surface area (Å²) in [5, 5.41) is 7.40. The van der Waals surface area contributed by atoms with Crippen molar-refractivity contribution in [3.8, 4) is 28.4 Å². The van der Waals surface area contributed by atoms with Crippen molar-refractivity contribution in [2.75, 3.05) is 27.9 Å². The van der Waals surface area contributed by atoms with Crippen molar-refractivity contribution in [1.82, 2.24) is 15.1 Å². The lowest BCUT2D eigenvalue weighted by Crippen LogP contribution is -2.28. The fraction of sp³-hybridized carbons (Fsp3) is 0.172. The highest BCUT2D eigenvalue weighted by molar-refractivity contribution is 9.10. The summed E-state index contributed by atoms with van der Waals surface area (Å²) in [6, 6.07) is 21.6. The molecular weight excluding hydrogens is 582 g/mol.